The van der Waals surface area contributed by atoms with Crippen molar-refractivity contribution in [3.63, 3.8) is 0 Å². The molecule has 4 nitrogen and oxygen atoms in total. The molecular formula is C12H21NO3. The summed E-state index contributed by atoms with van der Waals surface area (Å²) in [4.78, 5) is 12.7. The second-order valence-electron chi connectivity index (χ2n) is 4.23. The monoisotopic (exact) mass is 227 g/mol. The molecule has 0 spiro atoms. The molecule has 0 amide bonds. The van der Waals surface area contributed by atoms with E-state index in [9.17, 15) is 4.79 Å². The standard InChI is InChI=1S/C12H21NO3/c1-8(2)13(9(3)4)7-10(5)16-11(6)12(14)15/h8-9H,5-7H2,1-4H3,(H,14,15). The molecule has 0 aliphatic rings. The Bertz CT molecular complexity index is 274. The van der Waals surface area contributed by atoms with E-state index in [1.54, 1.807) is 0 Å². The summed E-state index contributed by atoms with van der Waals surface area (Å²) in [7, 11) is 0. The summed E-state index contributed by atoms with van der Waals surface area (Å²) < 4.78 is 5.01. The Kier molecular flexibility index (Phi) is 5.82. The van der Waals surface area contributed by atoms with E-state index in [2.05, 4.69) is 45.8 Å². The number of carboxylic acids is 1. The van der Waals surface area contributed by atoms with Crippen LogP contribution >= 0.6 is 0 Å². The Morgan fingerprint density at radius 1 is 1.25 bits per heavy atom. The van der Waals surface area contributed by atoms with Crippen LogP contribution in [0, 0.1) is 0 Å². The molecule has 0 saturated carbocycles. The molecule has 1 N–H and O–H groups in total. The summed E-state index contributed by atoms with van der Waals surface area (Å²) in [6, 6.07) is 0.692. The molecule has 0 radical (unpaired) electrons. The molecule has 4 heteroatoms. The third-order valence-electron chi connectivity index (χ3n) is 2.19. The van der Waals surface area contributed by atoms with Crippen LogP contribution in [-0.4, -0.2) is 34.6 Å². The van der Waals surface area contributed by atoms with Gasteiger partial charge in [0.1, 0.15) is 5.76 Å². The highest BCUT2D eigenvalue weighted by molar-refractivity contribution is 5.83. The number of nitrogens with zero attached hydrogens (tertiary/aromatic N) is 1. The first-order chi connectivity index (χ1) is 7.25. The third-order valence-corrected chi connectivity index (χ3v) is 2.19. The van der Waals surface area contributed by atoms with Gasteiger partial charge in [-0.3, -0.25) is 4.90 Å². The molecule has 0 aromatic carbocycles. The normalized spacial score (nSPS) is 10.9. The van der Waals surface area contributed by atoms with Gasteiger partial charge in [-0.25, -0.2) is 4.79 Å². The van der Waals surface area contributed by atoms with Crippen LogP contribution < -0.4 is 0 Å². The van der Waals surface area contributed by atoms with Crippen LogP contribution in [0.1, 0.15) is 27.7 Å². The Balaban J connectivity index is 4.32. The van der Waals surface area contributed by atoms with Crippen molar-refractivity contribution in [3.8, 4) is 0 Å². The van der Waals surface area contributed by atoms with Gasteiger partial charge in [0.2, 0.25) is 5.76 Å². The summed E-state index contributed by atoms with van der Waals surface area (Å²) in [6.45, 7) is 15.8. The van der Waals surface area contributed by atoms with Crippen molar-refractivity contribution in [2.45, 2.75) is 39.8 Å². The predicted molar refractivity (Wildman–Crippen MR) is 64.0 cm³/mol. The summed E-state index contributed by atoms with van der Waals surface area (Å²) in [5, 5.41) is 8.60. The van der Waals surface area contributed by atoms with Crippen molar-refractivity contribution in [2.75, 3.05) is 6.54 Å². The van der Waals surface area contributed by atoms with Gasteiger partial charge in [0, 0.05) is 12.1 Å². The fraction of sp³-hybridized carbons (Fsp3) is 0.583. The average Bonchev–Trinajstić information content (AvgIpc) is 2.12. The van der Waals surface area contributed by atoms with Crippen molar-refractivity contribution in [1.82, 2.24) is 4.90 Å². The Labute approximate surface area is 97.2 Å². The molecule has 0 aromatic rings. The van der Waals surface area contributed by atoms with Crippen LogP contribution in [0.25, 0.3) is 0 Å². The lowest BCUT2D eigenvalue weighted by molar-refractivity contribution is -0.135. The molecule has 0 rings (SSSR count). The lowest BCUT2D eigenvalue weighted by atomic mass is 10.2. The van der Waals surface area contributed by atoms with Crippen molar-refractivity contribution in [3.05, 3.63) is 24.7 Å². The Hall–Kier alpha value is -1.29. The summed E-state index contributed by atoms with van der Waals surface area (Å²) >= 11 is 0. The molecule has 0 aliphatic heterocycles. The van der Waals surface area contributed by atoms with Crippen molar-refractivity contribution < 1.29 is 14.6 Å². The SMILES string of the molecule is C=C(CN(C(C)C)C(C)C)OC(=C)C(=O)O. The number of aliphatic carboxylic acids is 1. The zero-order valence-electron chi connectivity index (χ0n) is 10.5. The summed E-state index contributed by atoms with van der Waals surface area (Å²) in [5.74, 6) is -1.06. The molecular weight excluding hydrogens is 206 g/mol. The minimum Gasteiger partial charge on any atom is -0.475 e. The summed E-state index contributed by atoms with van der Waals surface area (Å²) in [5.41, 5.74) is 0. The first-order valence-electron chi connectivity index (χ1n) is 5.29. The number of carbonyl (C=O) groups is 1. The Morgan fingerprint density at radius 2 is 1.69 bits per heavy atom. The highest BCUT2D eigenvalue weighted by Crippen LogP contribution is 2.11. The molecule has 92 valence electrons. The van der Waals surface area contributed by atoms with E-state index >= 15 is 0 Å². The topological polar surface area (TPSA) is 49.8 Å². The number of ether oxygens (including phenoxy) is 1. The maximum absolute atomic E-state index is 10.5. The number of carboxylic acid groups (broad SMARTS) is 1. The van der Waals surface area contributed by atoms with Gasteiger partial charge in [-0.15, -0.1) is 0 Å². The fourth-order valence-electron chi connectivity index (χ4n) is 1.42. The smallest absolute Gasteiger partial charge is 0.371 e. The lowest BCUT2D eigenvalue weighted by Gasteiger charge is -2.30. The number of rotatable bonds is 7. The average molecular weight is 227 g/mol. The van der Waals surface area contributed by atoms with Crippen LogP contribution in [0.15, 0.2) is 24.7 Å². The lowest BCUT2D eigenvalue weighted by Crippen LogP contribution is -2.38. The van der Waals surface area contributed by atoms with Crippen LogP contribution in [0.5, 0.6) is 0 Å². The molecule has 16 heavy (non-hydrogen) atoms. The van der Waals surface area contributed by atoms with Gasteiger partial charge in [0.05, 0.1) is 6.54 Å². The van der Waals surface area contributed by atoms with Gasteiger partial charge in [-0.05, 0) is 34.3 Å². The second-order valence-corrected chi connectivity index (χ2v) is 4.23. The van der Waals surface area contributed by atoms with Gasteiger partial charge in [-0.2, -0.15) is 0 Å². The van der Waals surface area contributed by atoms with Crippen LogP contribution in [0.2, 0.25) is 0 Å². The van der Waals surface area contributed by atoms with E-state index in [-0.39, 0.29) is 5.76 Å². The van der Waals surface area contributed by atoms with E-state index in [4.69, 9.17) is 9.84 Å². The Morgan fingerprint density at radius 3 is 2.00 bits per heavy atom. The summed E-state index contributed by atoms with van der Waals surface area (Å²) in [6.07, 6.45) is 0. The van der Waals surface area contributed by atoms with Crippen LogP contribution in [0.3, 0.4) is 0 Å². The first-order valence-corrected chi connectivity index (χ1v) is 5.29. The maximum atomic E-state index is 10.5. The molecule has 0 bridgehead atoms. The third kappa shape index (κ3) is 4.98. The molecule has 0 unspecified atom stereocenters. The molecule has 0 heterocycles. The molecule has 0 atom stereocenters. The highest BCUT2D eigenvalue weighted by Gasteiger charge is 2.16. The van der Waals surface area contributed by atoms with Gasteiger partial charge in [0.25, 0.3) is 0 Å². The van der Waals surface area contributed by atoms with E-state index in [0.29, 0.717) is 24.4 Å². The van der Waals surface area contributed by atoms with Crippen LogP contribution in [0.4, 0.5) is 0 Å². The highest BCUT2D eigenvalue weighted by atomic mass is 16.5. The molecule has 0 saturated heterocycles. The molecule has 0 aliphatic carbocycles. The predicted octanol–water partition coefficient (Wildman–Crippen LogP) is 2.23. The maximum Gasteiger partial charge on any atom is 0.371 e. The number of hydrogen-bond donors (Lipinski definition) is 1. The molecule has 0 aromatic heterocycles. The van der Waals surface area contributed by atoms with Gasteiger partial charge < -0.3 is 9.84 Å². The quantitative estimate of drug-likeness (QED) is 0.535. The van der Waals surface area contributed by atoms with Crippen LogP contribution in [-0.2, 0) is 9.53 Å². The van der Waals surface area contributed by atoms with Gasteiger partial charge in [-0.1, -0.05) is 6.58 Å². The zero-order chi connectivity index (χ0) is 12.9. The van der Waals surface area contributed by atoms with E-state index in [0.717, 1.165) is 0 Å². The second kappa shape index (κ2) is 6.33. The van der Waals surface area contributed by atoms with Crippen molar-refractivity contribution >= 4 is 5.97 Å². The molecule has 0 fully saturated rings. The number of hydrogen-bond acceptors (Lipinski definition) is 3. The minimum absolute atomic E-state index is 0.294. The van der Waals surface area contributed by atoms with E-state index in [1.165, 1.54) is 0 Å². The fourth-order valence-corrected chi connectivity index (χ4v) is 1.42. The van der Waals surface area contributed by atoms with Gasteiger partial charge in [0.15, 0.2) is 0 Å². The minimum atomic E-state index is -1.17. The van der Waals surface area contributed by atoms with Gasteiger partial charge >= 0.3 is 5.97 Å². The van der Waals surface area contributed by atoms with Crippen molar-refractivity contribution in [2.24, 2.45) is 0 Å². The largest absolute Gasteiger partial charge is 0.475 e. The zero-order valence-corrected chi connectivity index (χ0v) is 10.5. The first kappa shape index (κ1) is 14.7. The van der Waals surface area contributed by atoms with Crippen molar-refractivity contribution in [1.29, 1.82) is 0 Å². The van der Waals surface area contributed by atoms with E-state index < -0.39 is 5.97 Å². The van der Waals surface area contributed by atoms with E-state index in [1.807, 2.05) is 0 Å².